The zero-order chi connectivity index (χ0) is 22.4. The first-order valence-corrected chi connectivity index (χ1v) is 10.4. The van der Waals surface area contributed by atoms with Gasteiger partial charge in [-0.2, -0.15) is 0 Å². The lowest BCUT2D eigenvalue weighted by atomic mass is 10.1. The Hall–Kier alpha value is -3.65. The molecule has 0 saturated carbocycles. The second kappa shape index (κ2) is 9.90. The number of carbonyl (C=O) groups excluding carboxylic acids is 3. The van der Waals surface area contributed by atoms with E-state index in [2.05, 4.69) is 10.6 Å². The molecule has 0 saturated heterocycles. The molecule has 2 aromatic carbocycles. The number of alkyl carbamates (subject to hydrolysis) is 1. The number of hydrogen-bond acceptors (Lipinski definition) is 6. The van der Waals surface area contributed by atoms with Crippen molar-refractivity contribution in [2.75, 3.05) is 11.9 Å². The normalized spacial score (nSPS) is 10.3. The molecule has 31 heavy (non-hydrogen) atoms. The summed E-state index contributed by atoms with van der Waals surface area (Å²) in [5, 5.41) is 5.31. The monoisotopic (exact) mass is 438 g/mol. The SMILES string of the molecule is CCOC(=O)NC(=O)c1c(NC(=O)c2ccc(Oc3ccccc3)cc2)sc(C)c1C. The van der Waals surface area contributed by atoms with Crippen LogP contribution in [-0.4, -0.2) is 24.5 Å². The van der Waals surface area contributed by atoms with Crippen LogP contribution in [0.15, 0.2) is 54.6 Å². The zero-order valence-corrected chi connectivity index (χ0v) is 18.2. The van der Waals surface area contributed by atoms with Crippen LogP contribution >= 0.6 is 11.3 Å². The van der Waals surface area contributed by atoms with Gasteiger partial charge in [0.1, 0.15) is 16.5 Å². The van der Waals surface area contributed by atoms with Gasteiger partial charge in [0, 0.05) is 10.4 Å². The Morgan fingerprint density at radius 3 is 2.19 bits per heavy atom. The topological polar surface area (TPSA) is 93.7 Å². The minimum Gasteiger partial charge on any atom is -0.457 e. The molecule has 0 spiro atoms. The van der Waals surface area contributed by atoms with Crippen LogP contribution in [0, 0.1) is 13.8 Å². The summed E-state index contributed by atoms with van der Waals surface area (Å²) in [7, 11) is 0. The molecular formula is C23H22N2O5S. The third-order valence-corrected chi connectivity index (χ3v) is 5.55. The molecule has 3 aromatic rings. The molecule has 8 heteroatoms. The second-order valence-corrected chi connectivity index (χ2v) is 7.78. The van der Waals surface area contributed by atoms with E-state index in [1.54, 1.807) is 38.1 Å². The van der Waals surface area contributed by atoms with Gasteiger partial charge >= 0.3 is 6.09 Å². The van der Waals surface area contributed by atoms with Crippen LogP contribution in [0.4, 0.5) is 9.80 Å². The molecule has 0 aliphatic carbocycles. The summed E-state index contributed by atoms with van der Waals surface area (Å²) in [6.45, 7) is 5.39. The summed E-state index contributed by atoms with van der Waals surface area (Å²) in [5.41, 5.74) is 1.34. The van der Waals surface area contributed by atoms with Gasteiger partial charge in [0.25, 0.3) is 11.8 Å². The number of amides is 3. The minimum absolute atomic E-state index is 0.147. The van der Waals surface area contributed by atoms with Crippen LogP contribution in [-0.2, 0) is 4.74 Å². The van der Waals surface area contributed by atoms with E-state index in [4.69, 9.17) is 9.47 Å². The van der Waals surface area contributed by atoms with Crippen LogP contribution in [0.1, 0.15) is 38.1 Å². The average Bonchev–Trinajstić information content (AvgIpc) is 3.02. The average molecular weight is 439 g/mol. The first-order valence-electron chi connectivity index (χ1n) is 9.61. The fourth-order valence-electron chi connectivity index (χ4n) is 2.79. The largest absolute Gasteiger partial charge is 0.457 e. The molecule has 7 nitrogen and oxygen atoms in total. The lowest BCUT2D eigenvalue weighted by molar-refractivity contribution is 0.0925. The van der Waals surface area contributed by atoms with Crippen molar-refractivity contribution in [1.82, 2.24) is 5.32 Å². The predicted molar refractivity (Wildman–Crippen MR) is 119 cm³/mol. The molecule has 0 aliphatic rings. The highest BCUT2D eigenvalue weighted by atomic mass is 32.1. The molecular weight excluding hydrogens is 416 g/mol. The lowest BCUT2D eigenvalue weighted by Gasteiger charge is -2.09. The number of rotatable bonds is 6. The van der Waals surface area contributed by atoms with Crippen LogP contribution in [0.5, 0.6) is 11.5 Å². The number of imide groups is 1. The maximum atomic E-state index is 12.7. The van der Waals surface area contributed by atoms with E-state index in [0.717, 1.165) is 4.88 Å². The number of para-hydroxylation sites is 1. The van der Waals surface area contributed by atoms with E-state index >= 15 is 0 Å². The van der Waals surface area contributed by atoms with E-state index in [9.17, 15) is 14.4 Å². The van der Waals surface area contributed by atoms with Crippen molar-refractivity contribution in [3.05, 3.63) is 76.2 Å². The van der Waals surface area contributed by atoms with Crippen molar-refractivity contribution in [1.29, 1.82) is 0 Å². The molecule has 3 amide bonds. The van der Waals surface area contributed by atoms with Gasteiger partial charge in [-0.25, -0.2) is 4.79 Å². The fourth-order valence-corrected chi connectivity index (χ4v) is 3.84. The van der Waals surface area contributed by atoms with Crippen molar-refractivity contribution < 1.29 is 23.9 Å². The standard InChI is InChI=1S/C23H22N2O5S/c1-4-29-23(28)25-21(27)19-14(2)15(3)31-22(19)24-20(26)16-10-12-18(13-11-16)30-17-8-6-5-7-9-17/h5-13H,4H2,1-3H3,(H,24,26)(H,25,27,28). The highest BCUT2D eigenvalue weighted by Crippen LogP contribution is 2.33. The van der Waals surface area contributed by atoms with Gasteiger partial charge in [-0.3, -0.25) is 14.9 Å². The van der Waals surface area contributed by atoms with Crippen molar-refractivity contribution in [2.24, 2.45) is 0 Å². The molecule has 0 unspecified atom stereocenters. The van der Waals surface area contributed by atoms with E-state index in [1.165, 1.54) is 11.3 Å². The first kappa shape index (κ1) is 22.0. The number of benzene rings is 2. The maximum Gasteiger partial charge on any atom is 0.414 e. The molecule has 0 aliphatic heterocycles. The molecule has 0 radical (unpaired) electrons. The molecule has 1 aromatic heterocycles. The van der Waals surface area contributed by atoms with E-state index in [-0.39, 0.29) is 18.1 Å². The summed E-state index contributed by atoms with van der Waals surface area (Å²) >= 11 is 1.27. The highest BCUT2D eigenvalue weighted by molar-refractivity contribution is 7.16. The molecule has 2 N–H and O–H groups in total. The molecule has 3 rings (SSSR count). The van der Waals surface area contributed by atoms with Crippen LogP contribution in [0.3, 0.4) is 0 Å². The number of aryl methyl sites for hydroxylation is 1. The fraction of sp³-hybridized carbons (Fsp3) is 0.174. The van der Waals surface area contributed by atoms with E-state index < -0.39 is 12.0 Å². The van der Waals surface area contributed by atoms with E-state index in [1.807, 2.05) is 37.3 Å². The molecule has 0 fully saturated rings. The van der Waals surface area contributed by atoms with Crippen LogP contribution < -0.4 is 15.4 Å². The summed E-state index contributed by atoms with van der Waals surface area (Å²) in [6.07, 6.45) is -0.831. The van der Waals surface area contributed by atoms with Gasteiger partial charge in [-0.15, -0.1) is 11.3 Å². The first-order chi connectivity index (χ1) is 14.9. The third kappa shape index (κ3) is 5.49. The Morgan fingerprint density at radius 1 is 0.903 bits per heavy atom. The van der Waals surface area contributed by atoms with Gasteiger partial charge < -0.3 is 14.8 Å². The Balaban J connectivity index is 1.73. The molecule has 0 bridgehead atoms. The van der Waals surface area contributed by atoms with Gasteiger partial charge in [-0.1, -0.05) is 18.2 Å². The van der Waals surface area contributed by atoms with Crippen molar-refractivity contribution in [3.63, 3.8) is 0 Å². The van der Waals surface area contributed by atoms with Gasteiger partial charge in [-0.05, 0) is 62.7 Å². The number of nitrogens with one attached hydrogen (secondary N) is 2. The van der Waals surface area contributed by atoms with E-state index in [0.29, 0.717) is 27.6 Å². The maximum absolute atomic E-state index is 12.7. The Kier molecular flexibility index (Phi) is 7.04. The summed E-state index contributed by atoms with van der Waals surface area (Å²) in [4.78, 5) is 37.8. The third-order valence-electron chi connectivity index (χ3n) is 4.43. The molecule has 160 valence electrons. The van der Waals surface area contributed by atoms with Gasteiger partial charge in [0.15, 0.2) is 0 Å². The van der Waals surface area contributed by atoms with Crippen molar-refractivity contribution in [3.8, 4) is 11.5 Å². The number of ether oxygens (including phenoxy) is 2. The summed E-state index contributed by atoms with van der Waals surface area (Å²) in [6, 6.07) is 16.0. The highest BCUT2D eigenvalue weighted by Gasteiger charge is 2.23. The Labute approximate surface area is 184 Å². The van der Waals surface area contributed by atoms with Gasteiger partial charge in [0.05, 0.1) is 12.2 Å². The minimum atomic E-state index is -0.831. The van der Waals surface area contributed by atoms with Crippen molar-refractivity contribution >= 4 is 34.2 Å². The van der Waals surface area contributed by atoms with Crippen LogP contribution in [0.25, 0.3) is 0 Å². The quantitative estimate of drug-likeness (QED) is 0.545. The lowest BCUT2D eigenvalue weighted by Crippen LogP contribution is -2.31. The molecule has 0 atom stereocenters. The second-order valence-electron chi connectivity index (χ2n) is 6.56. The Morgan fingerprint density at radius 2 is 1.55 bits per heavy atom. The van der Waals surface area contributed by atoms with Crippen LogP contribution in [0.2, 0.25) is 0 Å². The predicted octanol–water partition coefficient (Wildman–Crippen LogP) is 5.30. The summed E-state index contributed by atoms with van der Waals surface area (Å²) in [5.74, 6) is 0.293. The zero-order valence-electron chi connectivity index (χ0n) is 17.4. The number of hydrogen-bond donors (Lipinski definition) is 2. The number of thiophene rings is 1. The summed E-state index contributed by atoms with van der Waals surface area (Å²) < 4.78 is 10.5. The van der Waals surface area contributed by atoms with Crippen molar-refractivity contribution in [2.45, 2.75) is 20.8 Å². The number of anilines is 1. The molecule has 1 heterocycles. The Bertz CT molecular complexity index is 1090. The smallest absolute Gasteiger partial charge is 0.414 e. The van der Waals surface area contributed by atoms with Gasteiger partial charge in [0.2, 0.25) is 0 Å². The number of carbonyl (C=O) groups is 3.